The summed E-state index contributed by atoms with van der Waals surface area (Å²) >= 11 is 0. The Morgan fingerprint density at radius 2 is 1.88 bits per heavy atom. The highest BCUT2D eigenvalue weighted by Crippen LogP contribution is 2.34. The quantitative estimate of drug-likeness (QED) is 0.666. The van der Waals surface area contributed by atoms with Gasteiger partial charge >= 0.3 is 0 Å². The number of hydrogen-bond acceptors (Lipinski definition) is 7. The Bertz CT molecular complexity index is 1080. The van der Waals surface area contributed by atoms with Crippen LogP contribution in [0.1, 0.15) is 45.4 Å². The fraction of sp³-hybridized carbons (Fsp3) is 0.500. The number of aromatic nitrogens is 2. The maximum atomic E-state index is 14.4. The fourth-order valence-corrected chi connectivity index (χ4v) is 3.99. The van der Waals surface area contributed by atoms with Gasteiger partial charge in [0.05, 0.1) is 11.1 Å². The lowest BCUT2D eigenvalue weighted by Gasteiger charge is -2.30. The number of nitrogens with one attached hydrogen (secondary N) is 1. The molecule has 0 aliphatic heterocycles. The molecule has 1 heterocycles. The minimum Gasteiger partial charge on any atom is -0.472 e. The predicted molar refractivity (Wildman–Crippen MR) is 116 cm³/mol. The normalized spacial score (nSPS) is 18.9. The molecule has 0 radical (unpaired) electrons. The van der Waals surface area contributed by atoms with E-state index in [1.807, 2.05) is 13.8 Å². The van der Waals surface area contributed by atoms with Gasteiger partial charge in [-0.3, -0.25) is 4.79 Å². The molecule has 1 aromatic heterocycles. The van der Waals surface area contributed by atoms with E-state index in [1.54, 1.807) is 6.92 Å². The third-order valence-electron chi connectivity index (χ3n) is 5.22. The lowest BCUT2D eigenvalue weighted by Crippen LogP contribution is -2.41. The third-order valence-corrected chi connectivity index (χ3v) is 6.33. The monoisotopic (exact) mass is 465 g/mol. The zero-order valence-corrected chi connectivity index (χ0v) is 19.4. The average Bonchev–Trinajstić information content (AvgIpc) is 2.71. The zero-order valence-electron chi connectivity index (χ0n) is 18.6. The molecule has 1 aromatic carbocycles. The van der Waals surface area contributed by atoms with Crippen molar-refractivity contribution in [1.82, 2.24) is 15.3 Å². The number of aryl methyl sites for hydroxylation is 1. The first kappa shape index (κ1) is 23.9. The molecule has 10 heteroatoms. The topological polar surface area (TPSA) is 107 Å². The van der Waals surface area contributed by atoms with Crippen molar-refractivity contribution in [3.63, 3.8) is 0 Å². The first-order chi connectivity index (χ1) is 15.0. The van der Waals surface area contributed by atoms with Crippen molar-refractivity contribution in [2.75, 3.05) is 6.26 Å². The van der Waals surface area contributed by atoms with E-state index in [2.05, 4.69) is 15.3 Å². The summed E-state index contributed by atoms with van der Waals surface area (Å²) in [6.45, 7) is 5.43. The van der Waals surface area contributed by atoms with Crippen LogP contribution in [-0.2, 0) is 14.6 Å². The third kappa shape index (κ3) is 6.15. The first-order valence-corrected chi connectivity index (χ1v) is 12.4. The van der Waals surface area contributed by atoms with Gasteiger partial charge in [-0.05, 0) is 50.8 Å². The minimum atomic E-state index is -3.54. The lowest BCUT2D eigenvalue weighted by molar-refractivity contribution is -0.125. The molecular weight excluding hydrogens is 437 g/mol. The maximum Gasteiger partial charge on any atom is 0.261 e. The number of sulfone groups is 1. The molecule has 1 saturated carbocycles. The maximum absolute atomic E-state index is 14.4. The van der Waals surface area contributed by atoms with Crippen molar-refractivity contribution in [3.8, 4) is 17.4 Å². The van der Waals surface area contributed by atoms with Crippen LogP contribution < -0.4 is 14.8 Å². The summed E-state index contributed by atoms with van der Waals surface area (Å²) in [4.78, 5) is 20.2. The van der Waals surface area contributed by atoms with Crippen LogP contribution in [-0.4, -0.2) is 42.7 Å². The summed E-state index contributed by atoms with van der Waals surface area (Å²) < 4.78 is 49.3. The van der Waals surface area contributed by atoms with E-state index in [0.29, 0.717) is 5.82 Å². The fourth-order valence-electron chi connectivity index (χ4n) is 3.36. The molecule has 0 unspecified atom stereocenters. The van der Waals surface area contributed by atoms with Crippen LogP contribution in [0.5, 0.6) is 17.4 Å². The van der Waals surface area contributed by atoms with Crippen molar-refractivity contribution in [1.29, 1.82) is 0 Å². The second-order valence-electron chi connectivity index (χ2n) is 8.31. The number of hydrogen-bond donors (Lipinski definition) is 1. The van der Waals surface area contributed by atoms with Crippen molar-refractivity contribution < 1.29 is 27.1 Å². The van der Waals surface area contributed by atoms with Gasteiger partial charge in [-0.2, -0.15) is 4.98 Å². The Morgan fingerprint density at radius 3 is 2.47 bits per heavy atom. The second kappa shape index (κ2) is 9.81. The van der Waals surface area contributed by atoms with Crippen LogP contribution in [0, 0.1) is 18.7 Å². The molecule has 1 fully saturated rings. The molecule has 1 amide bonds. The van der Waals surface area contributed by atoms with Crippen LogP contribution in [0.4, 0.5) is 4.39 Å². The van der Waals surface area contributed by atoms with E-state index in [4.69, 9.17) is 9.47 Å². The van der Waals surface area contributed by atoms with E-state index in [1.165, 1.54) is 18.3 Å². The summed E-state index contributed by atoms with van der Waals surface area (Å²) in [7, 11) is -3.54. The number of amides is 1. The smallest absolute Gasteiger partial charge is 0.261 e. The van der Waals surface area contributed by atoms with Gasteiger partial charge in [0.2, 0.25) is 11.7 Å². The number of carbonyl (C=O) groups excluding carboxylic acids is 1. The molecule has 0 saturated heterocycles. The van der Waals surface area contributed by atoms with Crippen molar-refractivity contribution in [2.45, 2.75) is 63.5 Å². The summed E-state index contributed by atoms with van der Waals surface area (Å²) in [5, 5.41) is 3.05. The Morgan fingerprint density at radius 1 is 1.19 bits per heavy atom. The van der Waals surface area contributed by atoms with Gasteiger partial charge in [0.15, 0.2) is 21.4 Å². The number of halogens is 1. The van der Waals surface area contributed by atoms with Crippen LogP contribution >= 0.6 is 0 Å². The molecular formula is C22H28FN3O5S. The van der Waals surface area contributed by atoms with E-state index in [-0.39, 0.29) is 46.2 Å². The standard InChI is InChI=1S/C22H28FN3O5S/c1-13(2)21(27)26-15-5-7-16(8-6-15)30-22-20(12-24-14(3)25-22)31-19-10-9-17(11-18(19)23)32(4,28)29/h9-13,15-16H,5-8H2,1-4H3,(H,26,27). The summed E-state index contributed by atoms with van der Waals surface area (Å²) in [6.07, 6.45) is 5.29. The van der Waals surface area contributed by atoms with Gasteiger partial charge in [-0.15, -0.1) is 0 Å². The Hall–Kier alpha value is -2.75. The Kier molecular flexibility index (Phi) is 7.33. The van der Waals surface area contributed by atoms with Crippen LogP contribution in [0.2, 0.25) is 0 Å². The number of rotatable bonds is 7. The summed E-state index contributed by atoms with van der Waals surface area (Å²) in [5.74, 6) is -0.190. The number of benzene rings is 1. The molecule has 1 aliphatic carbocycles. The highest BCUT2D eigenvalue weighted by Gasteiger charge is 2.26. The lowest BCUT2D eigenvalue weighted by atomic mass is 9.92. The van der Waals surface area contributed by atoms with Gasteiger partial charge < -0.3 is 14.8 Å². The van der Waals surface area contributed by atoms with Crippen molar-refractivity contribution in [3.05, 3.63) is 36.0 Å². The SMILES string of the molecule is Cc1ncc(Oc2ccc(S(C)(=O)=O)cc2F)c(OC2CCC(NC(=O)C(C)C)CC2)n1. The van der Waals surface area contributed by atoms with Gasteiger partial charge in [0.1, 0.15) is 11.9 Å². The molecule has 0 atom stereocenters. The van der Waals surface area contributed by atoms with Crippen LogP contribution in [0.3, 0.4) is 0 Å². The molecule has 8 nitrogen and oxygen atoms in total. The molecule has 1 aliphatic rings. The van der Waals surface area contributed by atoms with Gasteiger partial charge in [-0.1, -0.05) is 13.8 Å². The number of nitrogens with zero attached hydrogens (tertiary/aromatic N) is 2. The van der Waals surface area contributed by atoms with Crippen molar-refractivity contribution in [2.24, 2.45) is 5.92 Å². The molecule has 1 N–H and O–H groups in total. The van der Waals surface area contributed by atoms with Gasteiger partial charge in [0.25, 0.3) is 5.88 Å². The number of carbonyl (C=O) groups is 1. The molecule has 2 aromatic rings. The Labute approximate surface area is 187 Å². The van der Waals surface area contributed by atoms with E-state index >= 15 is 0 Å². The van der Waals surface area contributed by atoms with Gasteiger partial charge in [0, 0.05) is 18.2 Å². The molecule has 32 heavy (non-hydrogen) atoms. The predicted octanol–water partition coefficient (Wildman–Crippen LogP) is 3.58. The summed E-state index contributed by atoms with van der Waals surface area (Å²) in [5.41, 5.74) is 0. The number of ether oxygens (including phenoxy) is 2. The van der Waals surface area contributed by atoms with E-state index < -0.39 is 15.7 Å². The Balaban J connectivity index is 1.69. The van der Waals surface area contributed by atoms with E-state index in [9.17, 15) is 17.6 Å². The average molecular weight is 466 g/mol. The highest BCUT2D eigenvalue weighted by atomic mass is 32.2. The zero-order chi connectivity index (χ0) is 23.5. The molecule has 0 spiro atoms. The molecule has 0 bridgehead atoms. The van der Waals surface area contributed by atoms with Gasteiger partial charge in [-0.25, -0.2) is 17.8 Å². The largest absolute Gasteiger partial charge is 0.472 e. The second-order valence-corrected chi connectivity index (χ2v) is 10.3. The van der Waals surface area contributed by atoms with Crippen molar-refractivity contribution >= 4 is 15.7 Å². The minimum absolute atomic E-state index is 0.0420. The highest BCUT2D eigenvalue weighted by molar-refractivity contribution is 7.90. The van der Waals surface area contributed by atoms with E-state index in [0.717, 1.165) is 38.0 Å². The van der Waals surface area contributed by atoms with Crippen LogP contribution in [0.15, 0.2) is 29.3 Å². The molecule has 3 rings (SSSR count). The van der Waals surface area contributed by atoms with Crippen LogP contribution in [0.25, 0.3) is 0 Å². The molecule has 174 valence electrons. The first-order valence-electron chi connectivity index (χ1n) is 10.5. The summed E-state index contributed by atoms with van der Waals surface area (Å²) in [6, 6.07) is 3.55.